The lowest BCUT2D eigenvalue weighted by molar-refractivity contribution is 0.101. The van der Waals surface area contributed by atoms with E-state index >= 15 is 0 Å². The van der Waals surface area contributed by atoms with E-state index < -0.39 is 6.10 Å². The van der Waals surface area contributed by atoms with Gasteiger partial charge in [-0.25, -0.2) is 4.68 Å². The molecule has 1 saturated heterocycles. The third-order valence-electron chi connectivity index (χ3n) is 3.71. The molecule has 0 saturated carbocycles. The van der Waals surface area contributed by atoms with Gasteiger partial charge in [-0.15, -0.1) is 0 Å². The van der Waals surface area contributed by atoms with Crippen LogP contribution >= 0.6 is 0 Å². The minimum absolute atomic E-state index is 0.121. The Morgan fingerprint density at radius 3 is 2.58 bits per heavy atom. The molecule has 0 aromatic carbocycles. The lowest BCUT2D eigenvalue weighted by Gasteiger charge is -2.28. The normalized spacial score (nSPS) is 17.8. The number of aliphatic hydroxyl groups is 1. The molecule has 1 unspecified atom stereocenters. The molecule has 5 heteroatoms. The smallest absolute Gasteiger partial charge is 0.268 e. The molecule has 1 aliphatic heterocycles. The van der Waals surface area contributed by atoms with Gasteiger partial charge in [0.05, 0.1) is 24.5 Å². The Morgan fingerprint density at radius 2 is 2.00 bits per heavy atom. The molecule has 0 bridgehead atoms. The zero-order valence-electron chi connectivity index (χ0n) is 11.7. The zero-order valence-corrected chi connectivity index (χ0v) is 11.7. The first-order valence-electron chi connectivity index (χ1n) is 7.08. The van der Waals surface area contributed by atoms with Crippen LogP contribution in [0.25, 0.3) is 0 Å². The Morgan fingerprint density at radius 1 is 1.32 bits per heavy atom. The van der Waals surface area contributed by atoms with Gasteiger partial charge in [-0.3, -0.25) is 4.79 Å². The predicted octanol–water partition coefficient (Wildman–Crippen LogP) is 1.25. The van der Waals surface area contributed by atoms with E-state index in [9.17, 15) is 9.90 Å². The summed E-state index contributed by atoms with van der Waals surface area (Å²) in [6.07, 6.45) is 4.82. The number of aromatic nitrogens is 2. The van der Waals surface area contributed by atoms with Crippen LogP contribution in [0.2, 0.25) is 0 Å². The van der Waals surface area contributed by atoms with Gasteiger partial charge >= 0.3 is 0 Å². The minimum Gasteiger partial charge on any atom is -0.391 e. The second kappa shape index (κ2) is 6.19. The minimum atomic E-state index is -0.536. The number of aliphatic hydroxyl groups excluding tert-OH is 1. The van der Waals surface area contributed by atoms with Gasteiger partial charge in [0.15, 0.2) is 0 Å². The van der Waals surface area contributed by atoms with E-state index in [4.69, 9.17) is 0 Å². The lowest BCUT2D eigenvalue weighted by Crippen LogP contribution is -2.34. The molecule has 5 nitrogen and oxygen atoms in total. The highest BCUT2D eigenvalue weighted by molar-refractivity contribution is 5.43. The Labute approximate surface area is 113 Å². The number of anilines is 1. The average Bonchev–Trinajstić information content (AvgIpc) is 2.41. The first kappa shape index (κ1) is 14.1. The summed E-state index contributed by atoms with van der Waals surface area (Å²) in [5.74, 6) is 0.121. The van der Waals surface area contributed by atoms with Crippen LogP contribution in [0.5, 0.6) is 0 Å². The summed E-state index contributed by atoms with van der Waals surface area (Å²) < 4.78 is 1.35. The van der Waals surface area contributed by atoms with Crippen LogP contribution < -0.4 is 10.5 Å². The lowest BCUT2D eigenvalue weighted by atomic mass is 10.1. The molecule has 0 amide bonds. The summed E-state index contributed by atoms with van der Waals surface area (Å²) in [6.45, 7) is 6.12. The summed E-state index contributed by atoms with van der Waals surface area (Å²) in [4.78, 5) is 14.2. The molecular weight excluding hydrogens is 242 g/mol. The van der Waals surface area contributed by atoms with Crippen molar-refractivity contribution in [3.8, 4) is 0 Å². The Hall–Kier alpha value is -1.36. The summed E-state index contributed by atoms with van der Waals surface area (Å²) in [5.41, 5.74) is 0.766. The van der Waals surface area contributed by atoms with Gasteiger partial charge in [-0.1, -0.05) is 13.8 Å². The molecule has 2 heterocycles. The van der Waals surface area contributed by atoms with Gasteiger partial charge in [0.2, 0.25) is 0 Å². The van der Waals surface area contributed by atoms with Crippen molar-refractivity contribution in [3.05, 3.63) is 22.6 Å². The summed E-state index contributed by atoms with van der Waals surface area (Å²) in [5, 5.41) is 14.0. The fourth-order valence-corrected chi connectivity index (χ4v) is 2.27. The van der Waals surface area contributed by atoms with Crippen molar-refractivity contribution in [2.45, 2.75) is 45.8 Å². The Bertz CT molecular complexity index is 464. The highest BCUT2D eigenvalue weighted by atomic mass is 16.3. The SMILES string of the molecule is CC(C)C(O)Cn1ncc(N2CCCCC2)cc1=O. The van der Waals surface area contributed by atoms with E-state index in [0.29, 0.717) is 0 Å². The van der Waals surface area contributed by atoms with Crippen molar-refractivity contribution in [1.29, 1.82) is 0 Å². The van der Waals surface area contributed by atoms with E-state index in [1.165, 1.54) is 23.9 Å². The fraction of sp³-hybridized carbons (Fsp3) is 0.714. The molecule has 1 aliphatic rings. The molecule has 106 valence electrons. The van der Waals surface area contributed by atoms with Crippen LogP contribution in [-0.4, -0.2) is 34.1 Å². The van der Waals surface area contributed by atoms with Gasteiger partial charge in [-0.05, 0) is 25.2 Å². The van der Waals surface area contributed by atoms with E-state index in [1.807, 2.05) is 13.8 Å². The van der Waals surface area contributed by atoms with Crippen LogP contribution in [-0.2, 0) is 6.54 Å². The van der Waals surface area contributed by atoms with Crippen molar-refractivity contribution in [1.82, 2.24) is 9.78 Å². The van der Waals surface area contributed by atoms with E-state index in [2.05, 4.69) is 10.00 Å². The topological polar surface area (TPSA) is 58.4 Å². The largest absolute Gasteiger partial charge is 0.391 e. The van der Waals surface area contributed by atoms with Crippen molar-refractivity contribution >= 4 is 5.69 Å². The highest BCUT2D eigenvalue weighted by Crippen LogP contribution is 2.16. The van der Waals surface area contributed by atoms with Gasteiger partial charge in [-0.2, -0.15) is 5.10 Å². The number of nitrogens with zero attached hydrogens (tertiary/aromatic N) is 3. The molecule has 0 aliphatic carbocycles. The molecule has 19 heavy (non-hydrogen) atoms. The molecule has 0 spiro atoms. The zero-order chi connectivity index (χ0) is 13.8. The van der Waals surface area contributed by atoms with E-state index in [0.717, 1.165) is 18.8 Å². The maximum atomic E-state index is 12.0. The summed E-state index contributed by atoms with van der Waals surface area (Å²) in [7, 11) is 0. The monoisotopic (exact) mass is 265 g/mol. The van der Waals surface area contributed by atoms with Crippen molar-refractivity contribution in [2.75, 3.05) is 18.0 Å². The third-order valence-corrected chi connectivity index (χ3v) is 3.71. The van der Waals surface area contributed by atoms with Gasteiger partial charge in [0.1, 0.15) is 0 Å². The van der Waals surface area contributed by atoms with Crippen molar-refractivity contribution < 1.29 is 5.11 Å². The molecule has 1 aromatic rings. The number of hydrogen-bond donors (Lipinski definition) is 1. The van der Waals surface area contributed by atoms with Gasteiger partial charge < -0.3 is 10.0 Å². The average molecular weight is 265 g/mol. The number of hydrogen-bond acceptors (Lipinski definition) is 4. The molecule has 1 atom stereocenters. The Balaban J connectivity index is 2.10. The van der Waals surface area contributed by atoms with Crippen molar-refractivity contribution in [2.24, 2.45) is 5.92 Å². The van der Waals surface area contributed by atoms with Crippen LogP contribution in [0, 0.1) is 5.92 Å². The van der Waals surface area contributed by atoms with Crippen LogP contribution in [0.1, 0.15) is 33.1 Å². The third kappa shape index (κ3) is 3.56. The van der Waals surface area contributed by atoms with Gasteiger partial charge in [0, 0.05) is 19.2 Å². The molecule has 2 rings (SSSR count). The molecule has 0 radical (unpaired) electrons. The molecule has 1 fully saturated rings. The van der Waals surface area contributed by atoms with E-state index in [-0.39, 0.29) is 18.0 Å². The fourth-order valence-electron chi connectivity index (χ4n) is 2.27. The first-order chi connectivity index (χ1) is 9.08. The van der Waals surface area contributed by atoms with Crippen molar-refractivity contribution in [3.63, 3.8) is 0 Å². The highest BCUT2D eigenvalue weighted by Gasteiger charge is 2.14. The molecular formula is C14H23N3O2. The summed E-state index contributed by atoms with van der Waals surface area (Å²) in [6, 6.07) is 1.63. The Kier molecular flexibility index (Phi) is 4.58. The maximum absolute atomic E-state index is 12.0. The first-order valence-corrected chi connectivity index (χ1v) is 7.08. The number of rotatable bonds is 4. The van der Waals surface area contributed by atoms with E-state index in [1.54, 1.807) is 12.3 Å². The number of piperidine rings is 1. The molecule has 1 N–H and O–H groups in total. The van der Waals surface area contributed by atoms with Crippen LogP contribution in [0.3, 0.4) is 0 Å². The van der Waals surface area contributed by atoms with Gasteiger partial charge in [0.25, 0.3) is 5.56 Å². The second-order valence-electron chi connectivity index (χ2n) is 5.59. The van der Waals surface area contributed by atoms with Crippen LogP contribution in [0.15, 0.2) is 17.1 Å². The molecule has 1 aromatic heterocycles. The second-order valence-corrected chi connectivity index (χ2v) is 5.59. The maximum Gasteiger partial charge on any atom is 0.268 e. The quantitative estimate of drug-likeness (QED) is 0.890. The standard InChI is InChI=1S/C14H23N3O2/c1-11(2)13(18)10-17-14(19)8-12(9-15-17)16-6-4-3-5-7-16/h8-9,11,13,18H,3-7,10H2,1-2H3. The summed E-state index contributed by atoms with van der Waals surface area (Å²) >= 11 is 0. The predicted molar refractivity (Wildman–Crippen MR) is 75.4 cm³/mol. The van der Waals surface area contributed by atoms with Crippen LogP contribution in [0.4, 0.5) is 5.69 Å².